The van der Waals surface area contributed by atoms with E-state index in [4.69, 9.17) is 4.42 Å². The van der Waals surface area contributed by atoms with E-state index < -0.39 is 39.8 Å². The van der Waals surface area contributed by atoms with E-state index >= 15 is 0 Å². The molecule has 4 N–H and O–H groups in total. The molecule has 140 valence electrons. The van der Waals surface area contributed by atoms with E-state index in [2.05, 4.69) is 4.98 Å². The standard InChI is InChI=1S/C19H11NO8/c21-8-3-10(28-14(24)6-8)1-7-2-11-16(19(27)20-7)18(26)15-12(17(11)25)4-9(22)5-13(15)23/h2-6,21-23H,1H2,(H,20,27). The lowest BCUT2D eigenvalue weighted by atomic mass is 9.83. The van der Waals surface area contributed by atoms with Crippen molar-refractivity contribution in [1.82, 2.24) is 4.98 Å². The van der Waals surface area contributed by atoms with Crippen LogP contribution in [-0.2, 0) is 6.42 Å². The topological polar surface area (TPSA) is 158 Å². The van der Waals surface area contributed by atoms with Crippen LogP contribution in [0.5, 0.6) is 17.2 Å². The number of carbonyl (C=O) groups is 2. The average molecular weight is 381 g/mol. The highest BCUT2D eigenvalue weighted by Crippen LogP contribution is 2.34. The third-order valence-electron chi connectivity index (χ3n) is 4.31. The first-order valence-electron chi connectivity index (χ1n) is 7.99. The lowest BCUT2D eigenvalue weighted by Crippen LogP contribution is -2.30. The van der Waals surface area contributed by atoms with Gasteiger partial charge in [0.05, 0.1) is 17.2 Å². The normalized spacial score (nSPS) is 12.6. The van der Waals surface area contributed by atoms with Gasteiger partial charge in [0.1, 0.15) is 23.0 Å². The van der Waals surface area contributed by atoms with Crippen molar-refractivity contribution in [3.05, 3.63) is 84.8 Å². The zero-order chi connectivity index (χ0) is 20.2. The van der Waals surface area contributed by atoms with Crippen LogP contribution in [0.4, 0.5) is 0 Å². The van der Waals surface area contributed by atoms with Crippen LogP contribution in [0.2, 0.25) is 0 Å². The Kier molecular flexibility index (Phi) is 3.67. The van der Waals surface area contributed by atoms with Crippen molar-refractivity contribution in [2.45, 2.75) is 6.42 Å². The summed E-state index contributed by atoms with van der Waals surface area (Å²) in [6.45, 7) is 0. The second kappa shape index (κ2) is 5.95. The molecule has 28 heavy (non-hydrogen) atoms. The molecule has 2 heterocycles. The van der Waals surface area contributed by atoms with Crippen molar-refractivity contribution in [1.29, 1.82) is 0 Å². The minimum Gasteiger partial charge on any atom is -0.508 e. The first-order chi connectivity index (χ1) is 13.2. The summed E-state index contributed by atoms with van der Waals surface area (Å²) in [5.74, 6) is -2.88. The molecule has 3 aromatic rings. The molecule has 1 aliphatic carbocycles. The average Bonchev–Trinajstić information content (AvgIpc) is 2.57. The van der Waals surface area contributed by atoms with Crippen molar-refractivity contribution in [3.8, 4) is 17.2 Å². The van der Waals surface area contributed by atoms with Crippen molar-refractivity contribution >= 4 is 11.6 Å². The maximum absolute atomic E-state index is 12.8. The highest BCUT2D eigenvalue weighted by atomic mass is 16.4. The second-order valence-electron chi connectivity index (χ2n) is 6.24. The number of ketones is 2. The van der Waals surface area contributed by atoms with Crippen LogP contribution < -0.4 is 11.2 Å². The molecular formula is C19H11NO8. The summed E-state index contributed by atoms with van der Waals surface area (Å²) in [5.41, 5.74) is -2.70. The third kappa shape index (κ3) is 2.65. The minimum absolute atomic E-state index is 0.0332. The third-order valence-corrected chi connectivity index (χ3v) is 4.31. The number of carbonyl (C=O) groups excluding carboxylic acids is 2. The summed E-state index contributed by atoms with van der Waals surface area (Å²) in [7, 11) is 0. The van der Waals surface area contributed by atoms with Gasteiger partial charge in [-0.25, -0.2) is 4.79 Å². The monoisotopic (exact) mass is 381 g/mol. The summed E-state index contributed by atoms with van der Waals surface area (Å²) in [6, 6.07) is 5.24. The lowest BCUT2D eigenvalue weighted by Gasteiger charge is -2.18. The number of H-pyrrole nitrogens is 1. The Morgan fingerprint density at radius 1 is 0.786 bits per heavy atom. The first kappa shape index (κ1) is 17.3. The molecule has 0 saturated carbocycles. The van der Waals surface area contributed by atoms with E-state index in [0.717, 1.165) is 18.2 Å². The van der Waals surface area contributed by atoms with Gasteiger partial charge >= 0.3 is 5.63 Å². The summed E-state index contributed by atoms with van der Waals surface area (Å²) < 4.78 is 4.93. The fourth-order valence-electron chi connectivity index (χ4n) is 3.20. The predicted molar refractivity (Wildman–Crippen MR) is 93.1 cm³/mol. The predicted octanol–water partition coefficient (Wildman–Crippen LogP) is 0.811. The van der Waals surface area contributed by atoms with Crippen LogP contribution in [-0.4, -0.2) is 31.9 Å². The largest absolute Gasteiger partial charge is 0.508 e. The van der Waals surface area contributed by atoms with Crippen LogP contribution in [0.1, 0.15) is 43.3 Å². The van der Waals surface area contributed by atoms with E-state index in [1.165, 1.54) is 12.1 Å². The number of benzene rings is 1. The van der Waals surface area contributed by atoms with E-state index in [1.54, 1.807) is 0 Å². The zero-order valence-electron chi connectivity index (χ0n) is 14.0. The van der Waals surface area contributed by atoms with Crippen LogP contribution in [0.3, 0.4) is 0 Å². The number of hydrogen-bond donors (Lipinski definition) is 4. The molecule has 0 radical (unpaired) electrons. The summed E-state index contributed by atoms with van der Waals surface area (Å²) in [6.07, 6.45) is -0.133. The highest BCUT2D eigenvalue weighted by Gasteiger charge is 2.35. The Morgan fingerprint density at radius 3 is 2.18 bits per heavy atom. The van der Waals surface area contributed by atoms with Crippen LogP contribution in [0, 0.1) is 0 Å². The number of pyridine rings is 1. The number of phenols is 2. The zero-order valence-corrected chi connectivity index (χ0v) is 14.0. The molecular weight excluding hydrogens is 370 g/mol. The fraction of sp³-hybridized carbons (Fsp3) is 0.0526. The van der Waals surface area contributed by atoms with Gasteiger partial charge in [0.15, 0.2) is 5.78 Å². The second-order valence-corrected chi connectivity index (χ2v) is 6.24. The molecule has 1 aromatic carbocycles. The molecule has 0 saturated heterocycles. The summed E-state index contributed by atoms with van der Waals surface area (Å²) in [4.78, 5) is 51.7. The van der Waals surface area contributed by atoms with Gasteiger partial charge in [-0.05, 0) is 12.1 Å². The van der Waals surface area contributed by atoms with Gasteiger partial charge in [-0.15, -0.1) is 0 Å². The Balaban J connectivity index is 1.86. The molecule has 0 bridgehead atoms. The number of rotatable bonds is 2. The van der Waals surface area contributed by atoms with Crippen molar-refractivity contribution in [2.24, 2.45) is 0 Å². The SMILES string of the molecule is O=C1c2cc(O)cc(O)c2C(=O)c2c1cc(Cc1cc(O)cc(=O)o1)[nH]c2=O. The maximum Gasteiger partial charge on any atom is 0.339 e. The lowest BCUT2D eigenvalue weighted by molar-refractivity contribution is 0.0975. The smallest absolute Gasteiger partial charge is 0.339 e. The van der Waals surface area contributed by atoms with E-state index in [0.29, 0.717) is 0 Å². The highest BCUT2D eigenvalue weighted by molar-refractivity contribution is 6.29. The van der Waals surface area contributed by atoms with Gasteiger partial charge in [0.2, 0.25) is 5.78 Å². The molecule has 9 nitrogen and oxygen atoms in total. The summed E-state index contributed by atoms with van der Waals surface area (Å²) in [5, 5.41) is 29.0. The van der Waals surface area contributed by atoms with Gasteiger partial charge < -0.3 is 24.7 Å². The minimum atomic E-state index is -0.855. The van der Waals surface area contributed by atoms with Crippen molar-refractivity contribution < 1.29 is 29.3 Å². The number of nitrogens with one attached hydrogen (secondary N) is 1. The van der Waals surface area contributed by atoms with E-state index in [9.17, 15) is 34.5 Å². The van der Waals surface area contributed by atoms with Gasteiger partial charge in [-0.3, -0.25) is 14.4 Å². The van der Waals surface area contributed by atoms with Crippen LogP contribution in [0.25, 0.3) is 0 Å². The van der Waals surface area contributed by atoms with Crippen molar-refractivity contribution in [3.63, 3.8) is 0 Å². The fourth-order valence-corrected chi connectivity index (χ4v) is 3.20. The maximum atomic E-state index is 12.8. The quantitative estimate of drug-likeness (QED) is 0.397. The van der Waals surface area contributed by atoms with E-state index in [1.807, 2.05) is 0 Å². The molecule has 0 spiro atoms. The number of hydrogen-bond acceptors (Lipinski definition) is 8. The molecule has 4 rings (SSSR count). The molecule has 1 aliphatic rings. The number of phenolic OH excluding ortho intramolecular Hbond substituents is 2. The van der Waals surface area contributed by atoms with Crippen LogP contribution >= 0.6 is 0 Å². The number of aromatic hydroxyl groups is 3. The number of fused-ring (bicyclic) bond motifs is 2. The summed E-state index contributed by atoms with van der Waals surface area (Å²) >= 11 is 0. The molecule has 0 amide bonds. The van der Waals surface area contributed by atoms with Crippen molar-refractivity contribution in [2.75, 3.05) is 0 Å². The Hall–Kier alpha value is -4.14. The molecule has 9 heteroatoms. The molecule has 0 fully saturated rings. The Bertz CT molecular complexity index is 1300. The van der Waals surface area contributed by atoms with Gasteiger partial charge in [0.25, 0.3) is 5.56 Å². The van der Waals surface area contributed by atoms with Crippen LogP contribution in [0.15, 0.2) is 44.3 Å². The van der Waals surface area contributed by atoms with Gasteiger partial charge in [-0.2, -0.15) is 0 Å². The number of aromatic nitrogens is 1. The first-order valence-corrected chi connectivity index (χ1v) is 7.99. The molecule has 0 aliphatic heterocycles. The Morgan fingerprint density at radius 2 is 1.46 bits per heavy atom. The molecule has 0 atom stereocenters. The van der Waals surface area contributed by atoms with Gasteiger partial charge in [0, 0.05) is 35.4 Å². The molecule has 2 aromatic heterocycles. The Labute approximate surface area is 155 Å². The number of aromatic amines is 1. The van der Waals surface area contributed by atoms with Gasteiger partial charge in [-0.1, -0.05) is 0 Å². The van der Waals surface area contributed by atoms with E-state index in [-0.39, 0.29) is 40.3 Å². The molecule has 0 unspecified atom stereocenters.